The van der Waals surface area contributed by atoms with Crippen molar-refractivity contribution in [2.45, 2.75) is 17.2 Å². The number of alkyl halides is 2. The maximum Gasteiger partial charge on any atom is 0.0713 e. The molecule has 0 saturated carbocycles. The molecule has 0 aliphatic heterocycles. The second kappa shape index (κ2) is 7.37. The summed E-state index contributed by atoms with van der Waals surface area (Å²) in [4.78, 5) is 0. The molecule has 0 fully saturated rings. The number of halogens is 2. The van der Waals surface area contributed by atoms with E-state index in [1.54, 1.807) is 0 Å². The summed E-state index contributed by atoms with van der Waals surface area (Å²) in [5.74, 6) is 1.04. The smallest absolute Gasteiger partial charge is 0.0713 e. The summed E-state index contributed by atoms with van der Waals surface area (Å²) in [6.07, 6.45) is 0. The highest BCUT2D eigenvalue weighted by Crippen LogP contribution is 2.55. The van der Waals surface area contributed by atoms with E-state index in [1.807, 2.05) is 0 Å². The Kier molecular flexibility index (Phi) is 4.70. The molecule has 0 spiro atoms. The Morgan fingerprint density at radius 2 is 0.862 bits per heavy atom. The van der Waals surface area contributed by atoms with Crippen molar-refractivity contribution >= 4 is 23.2 Å². The Bertz CT molecular complexity index is 1060. The highest BCUT2D eigenvalue weighted by atomic mass is 35.5. The Morgan fingerprint density at radius 1 is 0.483 bits per heavy atom. The maximum absolute atomic E-state index is 6.07. The van der Waals surface area contributed by atoms with Crippen molar-refractivity contribution in [2.24, 2.45) is 0 Å². The second-order valence-electron chi connectivity index (χ2n) is 7.50. The summed E-state index contributed by atoms with van der Waals surface area (Å²) in [5.41, 5.74) is 9.63. The fourth-order valence-corrected chi connectivity index (χ4v) is 5.07. The number of fused-ring (bicyclic) bond motifs is 3. The molecule has 0 atom stereocenters. The highest BCUT2D eigenvalue weighted by Gasteiger charge is 2.45. The minimum Gasteiger partial charge on any atom is -0.122 e. The van der Waals surface area contributed by atoms with Gasteiger partial charge in [-0.3, -0.25) is 0 Å². The van der Waals surface area contributed by atoms with Gasteiger partial charge in [-0.2, -0.15) is 0 Å². The minimum absolute atomic E-state index is 0.358. The van der Waals surface area contributed by atoms with Gasteiger partial charge in [0.25, 0.3) is 0 Å². The molecule has 1 aliphatic carbocycles. The van der Waals surface area contributed by atoms with Crippen LogP contribution >= 0.6 is 23.2 Å². The molecular formula is C27H20Cl2. The van der Waals surface area contributed by atoms with E-state index in [0.717, 1.165) is 11.1 Å². The van der Waals surface area contributed by atoms with Crippen LogP contribution in [0.25, 0.3) is 11.1 Å². The van der Waals surface area contributed by atoms with Crippen LogP contribution in [0.5, 0.6) is 0 Å². The molecule has 0 bridgehead atoms. The van der Waals surface area contributed by atoms with E-state index in [0.29, 0.717) is 11.8 Å². The number of benzene rings is 4. The van der Waals surface area contributed by atoms with E-state index in [1.165, 1.54) is 33.4 Å². The average molecular weight is 415 g/mol. The van der Waals surface area contributed by atoms with E-state index in [9.17, 15) is 0 Å². The lowest BCUT2D eigenvalue weighted by Gasteiger charge is -2.34. The summed E-state index contributed by atoms with van der Waals surface area (Å²) in [7, 11) is 0. The standard InChI is InChI=1S/C27H20Cl2/c28-17-19-9-13-21(14-10-19)27(22-15-11-20(18-29)12-16-22)25-7-3-1-5-23(25)24-6-2-4-8-26(24)27/h1-16H,17-18H2. The third-order valence-corrected chi connectivity index (χ3v) is 6.65. The van der Waals surface area contributed by atoms with Gasteiger partial charge in [0, 0.05) is 11.8 Å². The predicted octanol–water partition coefficient (Wildman–Crippen LogP) is 7.53. The van der Waals surface area contributed by atoms with Crippen molar-refractivity contribution in [1.29, 1.82) is 0 Å². The quantitative estimate of drug-likeness (QED) is 0.266. The molecule has 1 aliphatic rings. The van der Waals surface area contributed by atoms with Crippen LogP contribution in [0.1, 0.15) is 33.4 Å². The Labute approximate surface area is 181 Å². The topological polar surface area (TPSA) is 0 Å². The zero-order chi connectivity index (χ0) is 19.8. The molecule has 0 amide bonds. The zero-order valence-corrected chi connectivity index (χ0v) is 17.4. The summed E-state index contributed by atoms with van der Waals surface area (Å²) in [6.45, 7) is 0. The molecule has 0 nitrogen and oxygen atoms in total. The van der Waals surface area contributed by atoms with Crippen LogP contribution in [-0.4, -0.2) is 0 Å². The molecule has 29 heavy (non-hydrogen) atoms. The van der Waals surface area contributed by atoms with Crippen molar-refractivity contribution in [1.82, 2.24) is 0 Å². The lowest BCUT2D eigenvalue weighted by Crippen LogP contribution is -2.28. The molecule has 0 saturated heterocycles. The minimum atomic E-state index is -0.358. The average Bonchev–Trinajstić information content (AvgIpc) is 3.11. The molecule has 142 valence electrons. The van der Waals surface area contributed by atoms with Gasteiger partial charge in [-0.05, 0) is 44.5 Å². The summed E-state index contributed by atoms with van der Waals surface area (Å²) in [5, 5.41) is 0. The highest BCUT2D eigenvalue weighted by molar-refractivity contribution is 6.17. The first kappa shape index (κ1) is 18.5. The van der Waals surface area contributed by atoms with Gasteiger partial charge < -0.3 is 0 Å². The van der Waals surface area contributed by atoms with Crippen LogP contribution in [0.15, 0.2) is 97.1 Å². The van der Waals surface area contributed by atoms with Crippen LogP contribution in [0, 0.1) is 0 Å². The van der Waals surface area contributed by atoms with E-state index in [2.05, 4.69) is 97.1 Å². The largest absolute Gasteiger partial charge is 0.122 e. The van der Waals surface area contributed by atoms with E-state index in [-0.39, 0.29) is 5.41 Å². The molecule has 0 aromatic heterocycles. The normalized spacial score (nSPS) is 13.7. The van der Waals surface area contributed by atoms with Gasteiger partial charge in [0.05, 0.1) is 5.41 Å². The Balaban J connectivity index is 1.88. The van der Waals surface area contributed by atoms with Crippen molar-refractivity contribution in [3.8, 4) is 11.1 Å². The monoisotopic (exact) mass is 414 g/mol. The Hall–Kier alpha value is -2.54. The second-order valence-corrected chi connectivity index (χ2v) is 8.04. The first-order chi connectivity index (χ1) is 14.3. The molecular weight excluding hydrogens is 395 g/mol. The lowest BCUT2D eigenvalue weighted by atomic mass is 9.67. The molecule has 4 aromatic rings. The molecule has 0 N–H and O–H groups in total. The lowest BCUT2D eigenvalue weighted by molar-refractivity contribution is 0.767. The fourth-order valence-electron chi connectivity index (χ4n) is 4.71. The van der Waals surface area contributed by atoms with Crippen LogP contribution in [-0.2, 0) is 17.2 Å². The first-order valence-electron chi connectivity index (χ1n) is 9.79. The van der Waals surface area contributed by atoms with Gasteiger partial charge in [-0.15, -0.1) is 23.2 Å². The predicted molar refractivity (Wildman–Crippen MR) is 123 cm³/mol. The van der Waals surface area contributed by atoms with Gasteiger partial charge in [-0.1, -0.05) is 97.1 Å². The van der Waals surface area contributed by atoms with Crippen molar-refractivity contribution in [3.05, 3.63) is 130 Å². The maximum atomic E-state index is 6.07. The van der Waals surface area contributed by atoms with E-state index in [4.69, 9.17) is 23.2 Å². The van der Waals surface area contributed by atoms with Gasteiger partial charge in [0.2, 0.25) is 0 Å². The third-order valence-electron chi connectivity index (χ3n) is 6.03. The zero-order valence-electron chi connectivity index (χ0n) is 15.9. The molecule has 5 rings (SSSR count). The summed E-state index contributed by atoms with van der Waals surface area (Å²) >= 11 is 12.1. The number of rotatable bonds is 4. The van der Waals surface area contributed by atoms with Crippen molar-refractivity contribution in [2.75, 3.05) is 0 Å². The van der Waals surface area contributed by atoms with Crippen molar-refractivity contribution in [3.63, 3.8) is 0 Å². The fraction of sp³-hybridized carbons (Fsp3) is 0.111. The van der Waals surface area contributed by atoms with Crippen LogP contribution in [0.4, 0.5) is 0 Å². The molecule has 0 unspecified atom stereocenters. The third kappa shape index (κ3) is 2.74. The summed E-state index contributed by atoms with van der Waals surface area (Å²) < 4.78 is 0. The Morgan fingerprint density at radius 3 is 1.24 bits per heavy atom. The van der Waals surface area contributed by atoms with Gasteiger partial charge >= 0.3 is 0 Å². The van der Waals surface area contributed by atoms with Crippen molar-refractivity contribution < 1.29 is 0 Å². The summed E-state index contributed by atoms with van der Waals surface area (Å²) in [6, 6.07) is 35.0. The van der Waals surface area contributed by atoms with Gasteiger partial charge in [0.15, 0.2) is 0 Å². The molecule has 4 aromatic carbocycles. The molecule has 2 heteroatoms. The SMILES string of the molecule is ClCc1ccc(C2(c3ccc(CCl)cc3)c3ccccc3-c3ccccc32)cc1. The van der Waals surface area contributed by atoms with Crippen LogP contribution in [0.3, 0.4) is 0 Å². The number of hydrogen-bond acceptors (Lipinski definition) is 0. The molecule has 0 radical (unpaired) electrons. The molecule has 0 heterocycles. The van der Waals surface area contributed by atoms with Crippen LogP contribution in [0.2, 0.25) is 0 Å². The van der Waals surface area contributed by atoms with E-state index >= 15 is 0 Å². The number of hydrogen-bond donors (Lipinski definition) is 0. The van der Waals surface area contributed by atoms with Gasteiger partial charge in [0.1, 0.15) is 0 Å². The first-order valence-corrected chi connectivity index (χ1v) is 10.9. The van der Waals surface area contributed by atoms with Crippen LogP contribution < -0.4 is 0 Å². The van der Waals surface area contributed by atoms with E-state index < -0.39 is 0 Å². The van der Waals surface area contributed by atoms with Gasteiger partial charge in [-0.25, -0.2) is 0 Å².